The molecule has 0 heterocycles. The summed E-state index contributed by atoms with van der Waals surface area (Å²) >= 11 is 6.29. The van der Waals surface area contributed by atoms with Crippen molar-refractivity contribution < 1.29 is 4.74 Å². The van der Waals surface area contributed by atoms with Crippen LogP contribution < -0.4 is 10.1 Å². The van der Waals surface area contributed by atoms with Gasteiger partial charge in [0, 0.05) is 17.1 Å². The van der Waals surface area contributed by atoms with Gasteiger partial charge < -0.3 is 10.1 Å². The van der Waals surface area contributed by atoms with Gasteiger partial charge in [0.15, 0.2) is 0 Å². The smallest absolute Gasteiger partial charge is 0.127 e. The number of ether oxygens (including phenoxy) is 1. The lowest BCUT2D eigenvalue weighted by atomic mass is 10.0. The van der Waals surface area contributed by atoms with Crippen molar-refractivity contribution in [3.63, 3.8) is 0 Å². The highest BCUT2D eigenvalue weighted by molar-refractivity contribution is 6.31. The van der Waals surface area contributed by atoms with Gasteiger partial charge >= 0.3 is 0 Å². The molecule has 112 valence electrons. The molecule has 2 aromatic rings. The van der Waals surface area contributed by atoms with Gasteiger partial charge in [-0.25, -0.2) is 0 Å². The molecule has 0 spiro atoms. The lowest BCUT2D eigenvalue weighted by Gasteiger charge is -2.12. The SMILES string of the molecule is CCCNCc1cc(-c2ccccc2OCC)ccc1Cl. The van der Waals surface area contributed by atoms with E-state index in [1.54, 1.807) is 0 Å². The highest BCUT2D eigenvalue weighted by Crippen LogP contribution is 2.32. The Kier molecular flexibility index (Phi) is 6.09. The number of halogens is 1. The zero-order valence-corrected chi connectivity index (χ0v) is 13.4. The Morgan fingerprint density at radius 2 is 1.90 bits per heavy atom. The predicted octanol–water partition coefficient (Wildman–Crippen LogP) is 4.91. The van der Waals surface area contributed by atoms with Crippen molar-refractivity contribution in [2.24, 2.45) is 0 Å². The zero-order chi connectivity index (χ0) is 15.1. The van der Waals surface area contributed by atoms with Crippen LogP contribution in [0.4, 0.5) is 0 Å². The van der Waals surface area contributed by atoms with Crippen LogP contribution in [0.2, 0.25) is 5.02 Å². The van der Waals surface area contributed by atoms with Crippen LogP contribution in [-0.2, 0) is 6.54 Å². The van der Waals surface area contributed by atoms with Crippen LogP contribution in [0.3, 0.4) is 0 Å². The van der Waals surface area contributed by atoms with Crippen molar-refractivity contribution in [2.75, 3.05) is 13.2 Å². The van der Waals surface area contributed by atoms with Crippen LogP contribution in [0.1, 0.15) is 25.8 Å². The summed E-state index contributed by atoms with van der Waals surface area (Å²) in [5.74, 6) is 0.912. The molecule has 0 atom stereocenters. The highest BCUT2D eigenvalue weighted by atomic mass is 35.5. The zero-order valence-electron chi connectivity index (χ0n) is 12.7. The first-order valence-electron chi connectivity index (χ1n) is 7.47. The first-order valence-corrected chi connectivity index (χ1v) is 7.85. The van der Waals surface area contributed by atoms with Crippen LogP contribution in [0.25, 0.3) is 11.1 Å². The van der Waals surface area contributed by atoms with Crippen molar-refractivity contribution in [3.8, 4) is 16.9 Å². The predicted molar refractivity (Wildman–Crippen MR) is 90.1 cm³/mol. The summed E-state index contributed by atoms with van der Waals surface area (Å²) in [4.78, 5) is 0. The standard InChI is InChI=1S/C18H22ClNO/c1-3-11-20-13-15-12-14(9-10-17(15)19)16-7-5-6-8-18(16)21-4-2/h5-10,12,20H,3-4,11,13H2,1-2H3. The molecule has 0 aliphatic heterocycles. The van der Waals surface area contributed by atoms with E-state index in [9.17, 15) is 0 Å². The molecule has 0 radical (unpaired) electrons. The average molecular weight is 304 g/mol. The number of nitrogens with one attached hydrogen (secondary N) is 1. The molecule has 0 unspecified atom stereocenters. The van der Waals surface area contributed by atoms with Crippen LogP contribution in [0.5, 0.6) is 5.75 Å². The quantitative estimate of drug-likeness (QED) is 0.734. The summed E-state index contributed by atoms with van der Waals surface area (Å²) in [6, 6.07) is 14.3. The summed E-state index contributed by atoms with van der Waals surface area (Å²) in [6.45, 7) is 6.60. The minimum absolute atomic E-state index is 0.662. The lowest BCUT2D eigenvalue weighted by molar-refractivity contribution is 0.341. The van der Waals surface area contributed by atoms with E-state index in [-0.39, 0.29) is 0 Å². The molecule has 0 aliphatic rings. The molecule has 2 rings (SSSR count). The van der Waals surface area contributed by atoms with Crippen molar-refractivity contribution in [1.82, 2.24) is 5.32 Å². The lowest BCUT2D eigenvalue weighted by Crippen LogP contribution is -2.14. The molecular formula is C18H22ClNO. The fourth-order valence-electron chi connectivity index (χ4n) is 2.26. The molecule has 0 fully saturated rings. The Morgan fingerprint density at radius 1 is 1.10 bits per heavy atom. The van der Waals surface area contributed by atoms with Gasteiger partial charge in [-0.1, -0.05) is 42.8 Å². The van der Waals surface area contributed by atoms with E-state index >= 15 is 0 Å². The normalized spacial score (nSPS) is 10.6. The van der Waals surface area contributed by atoms with Gasteiger partial charge in [-0.3, -0.25) is 0 Å². The first-order chi connectivity index (χ1) is 10.3. The van der Waals surface area contributed by atoms with Crippen LogP contribution in [0, 0.1) is 0 Å². The molecular weight excluding hydrogens is 282 g/mol. The van der Waals surface area contributed by atoms with Gasteiger partial charge in [-0.05, 0) is 49.2 Å². The first kappa shape index (κ1) is 15.9. The number of hydrogen-bond acceptors (Lipinski definition) is 2. The van der Waals surface area contributed by atoms with E-state index in [0.717, 1.165) is 47.0 Å². The third kappa shape index (κ3) is 4.23. The van der Waals surface area contributed by atoms with E-state index in [2.05, 4.69) is 24.4 Å². The fraction of sp³-hybridized carbons (Fsp3) is 0.333. The van der Waals surface area contributed by atoms with Gasteiger partial charge in [-0.2, -0.15) is 0 Å². The second-order valence-electron chi connectivity index (χ2n) is 4.91. The summed E-state index contributed by atoms with van der Waals surface area (Å²) in [7, 11) is 0. The second kappa shape index (κ2) is 8.06. The molecule has 0 aromatic heterocycles. The minimum atomic E-state index is 0.662. The minimum Gasteiger partial charge on any atom is -0.493 e. The summed E-state index contributed by atoms with van der Waals surface area (Å²) in [5.41, 5.74) is 3.36. The third-order valence-electron chi connectivity index (χ3n) is 3.29. The molecule has 0 bridgehead atoms. The molecule has 3 heteroatoms. The molecule has 1 N–H and O–H groups in total. The van der Waals surface area contributed by atoms with E-state index in [4.69, 9.17) is 16.3 Å². The van der Waals surface area contributed by atoms with E-state index in [1.807, 2.05) is 37.3 Å². The van der Waals surface area contributed by atoms with Gasteiger partial charge in [0.2, 0.25) is 0 Å². The monoisotopic (exact) mass is 303 g/mol. The summed E-state index contributed by atoms with van der Waals surface area (Å²) < 4.78 is 5.71. The maximum absolute atomic E-state index is 6.29. The molecule has 0 saturated carbocycles. The molecule has 0 saturated heterocycles. The van der Waals surface area contributed by atoms with Crippen LogP contribution in [0.15, 0.2) is 42.5 Å². The molecule has 0 aliphatic carbocycles. The molecule has 2 nitrogen and oxygen atoms in total. The largest absolute Gasteiger partial charge is 0.493 e. The van der Waals surface area contributed by atoms with Crippen LogP contribution in [-0.4, -0.2) is 13.2 Å². The molecule has 0 amide bonds. The highest BCUT2D eigenvalue weighted by Gasteiger charge is 2.08. The van der Waals surface area contributed by atoms with Crippen molar-refractivity contribution in [1.29, 1.82) is 0 Å². The molecule has 21 heavy (non-hydrogen) atoms. The van der Waals surface area contributed by atoms with E-state index < -0.39 is 0 Å². The summed E-state index contributed by atoms with van der Waals surface area (Å²) in [6.07, 6.45) is 1.12. The molecule has 2 aromatic carbocycles. The van der Waals surface area contributed by atoms with E-state index in [0.29, 0.717) is 6.61 Å². The maximum atomic E-state index is 6.29. The Bertz CT molecular complexity index is 583. The van der Waals surface area contributed by atoms with Crippen molar-refractivity contribution in [2.45, 2.75) is 26.8 Å². The Morgan fingerprint density at radius 3 is 2.67 bits per heavy atom. The number of para-hydroxylation sites is 1. The maximum Gasteiger partial charge on any atom is 0.127 e. The second-order valence-corrected chi connectivity index (χ2v) is 5.32. The van der Waals surface area contributed by atoms with Gasteiger partial charge in [0.05, 0.1) is 6.61 Å². The van der Waals surface area contributed by atoms with Crippen molar-refractivity contribution in [3.05, 3.63) is 53.1 Å². The van der Waals surface area contributed by atoms with E-state index in [1.165, 1.54) is 0 Å². The van der Waals surface area contributed by atoms with Gasteiger partial charge in [0.25, 0.3) is 0 Å². The Labute approximate surface area is 132 Å². The number of benzene rings is 2. The Hall–Kier alpha value is -1.51. The summed E-state index contributed by atoms with van der Waals surface area (Å²) in [5, 5.41) is 4.20. The topological polar surface area (TPSA) is 21.3 Å². The van der Waals surface area contributed by atoms with Gasteiger partial charge in [-0.15, -0.1) is 0 Å². The Balaban J connectivity index is 2.30. The fourth-order valence-corrected chi connectivity index (χ4v) is 2.45. The third-order valence-corrected chi connectivity index (χ3v) is 3.65. The van der Waals surface area contributed by atoms with Crippen LogP contribution >= 0.6 is 11.6 Å². The number of hydrogen-bond donors (Lipinski definition) is 1. The van der Waals surface area contributed by atoms with Crippen molar-refractivity contribution >= 4 is 11.6 Å². The van der Waals surface area contributed by atoms with Gasteiger partial charge in [0.1, 0.15) is 5.75 Å². The number of rotatable bonds is 7. The average Bonchev–Trinajstić information content (AvgIpc) is 2.50.